The fourth-order valence-electron chi connectivity index (χ4n) is 2.90. The second-order valence-electron chi connectivity index (χ2n) is 6.63. The van der Waals surface area contributed by atoms with Crippen molar-refractivity contribution >= 4 is 17.5 Å². The molecule has 0 spiro atoms. The largest absolute Gasteiger partial charge is 0.351 e. The Kier molecular flexibility index (Phi) is 8.65. The van der Waals surface area contributed by atoms with Crippen molar-refractivity contribution in [2.24, 2.45) is 5.73 Å². The zero-order valence-corrected chi connectivity index (χ0v) is 16.7. The molecule has 1 unspecified atom stereocenters. The van der Waals surface area contributed by atoms with Crippen molar-refractivity contribution in [2.75, 3.05) is 31.5 Å². The number of hydrogen-bond acceptors (Lipinski definition) is 4. The zero-order chi connectivity index (χ0) is 20.4. The smallest absolute Gasteiger partial charge is 0.251 e. The molecule has 0 saturated carbocycles. The molecule has 0 saturated heterocycles. The maximum Gasteiger partial charge on any atom is 0.251 e. The molecule has 2 aromatic rings. The maximum absolute atomic E-state index is 12.2. The third-order valence-electron chi connectivity index (χ3n) is 4.67. The monoisotopic (exact) mass is 382 g/mol. The lowest BCUT2D eigenvalue weighted by atomic mass is 10.0. The van der Waals surface area contributed by atoms with Gasteiger partial charge in [0.05, 0.1) is 0 Å². The molecule has 0 aliphatic rings. The molecule has 0 aliphatic carbocycles. The van der Waals surface area contributed by atoms with Crippen LogP contribution in [0.2, 0.25) is 0 Å². The van der Waals surface area contributed by atoms with Gasteiger partial charge in [0.1, 0.15) is 0 Å². The van der Waals surface area contributed by atoms with Gasteiger partial charge in [-0.2, -0.15) is 0 Å². The molecule has 2 amide bonds. The first-order chi connectivity index (χ1) is 13.5. The van der Waals surface area contributed by atoms with Crippen molar-refractivity contribution < 1.29 is 9.59 Å². The number of carbonyl (C=O) groups excluding carboxylic acids is 2. The van der Waals surface area contributed by atoms with Gasteiger partial charge in [-0.15, -0.1) is 0 Å². The summed E-state index contributed by atoms with van der Waals surface area (Å²) in [5, 5.41) is 5.74. The minimum absolute atomic E-state index is 0.115. The normalized spacial score (nSPS) is 11.9. The fraction of sp³-hybridized carbons (Fsp3) is 0.364. The first-order valence-electron chi connectivity index (χ1n) is 9.74. The van der Waals surface area contributed by atoms with Crippen molar-refractivity contribution in [1.82, 2.24) is 10.2 Å². The van der Waals surface area contributed by atoms with Crippen LogP contribution in [0.5, 0.6) is 0 Å². The molecule has 6 heteroatoms. The van der Waals surface area contributed by atoms with Gasteiger partial charge in [0, 0.05) is 36.8 Å². The van der Waals surface area contributed by atoms with Gasteiger partial charge in [-0.1, -0.05) is 44.2 Å². The number of rotatable bonds is 10. The highest BCUT2D eigenvalue weighted by Crippen LogP contribution is 2.15. The summed E-state index contributed by atoms with van der Waals surface area (Å²) in [4.78, 5) is 26.7. The highest BCUT2D eigenvalue weighted by Gasteiger charge is 2.12. The zero-order valence-electron chi connectivity index (χ0n) is 16.7. The number of amides is 2. The number of nitrogens with zero attached hydrogens (tertiary/aromatic N) is 1. The molecular formula is C22H30N4O2. The number of likely N-dealkylation sites (N-methyl/N-ethyl adjacent to an activating group) is 1. The summed E-state index contributed by atoms with van der Waals surface area (Å²) in [6, 6.07) is 16.1. The van der Waals surface area contributed by atoms with Crippen LogP contribution in [0.4, 0.5) is 5.69 Å². The number of benzene rings is 2. The number of nitrogens with one attached hydrogen (secondary N) is 2. The van der Waals surface area contributed by atoms with Crippen LogP contribution < -0.4 is 16.4 Å². The maximum atomic E-state index is 12.2. The SMILES string of the molecule is CCN(CC)CCNC(=O)c1ccc(NC(=O)CC(N)c2ccccc2)cc1. The average molecular weight is 383 g/mol. The molecule has 0 heterocycles. The Balaban J connectivity index is 1.81. The van der Waals surface area contributed by atoms with E-state index < -0.39 is 0 Å². The van der Waals surface area contributed by atoms with Gasteiger partial charge < -0.3 is 21.3 Å². The molecule has 6 nitrogen and oxygen atoms in total. The Labute approximate surface area is 167 Å². The summed E-state index contributed by atoms with van der Waals surface area (Å²) in [7, 11) is 0. The average Bonchev–Trinajstić information content (AvgIpc) is 2.72. The molecule has 150 valence electrons. The molecule has 1 atom stereocenters. The Morgan fingerprint density at radius 1 is 1.00 bits per heavy atom. The van der Waals surface area contributed by atoms with Gasteiger partial charge in [0.2, 0.25) is 5.91 Å². The Bertz CT molecular complexity index is 743. The van der Waals surface area contributed by atoms with Gasteiger partial charge in [-0.3, -0.25) is 9.59 Å². The quantitative estimate of drug-likeness (QED) is 0.590. The minimum Gasteiger partial charge on any atom is -0.351 e. The molecule has 28 heavy (non-hydrogen) atoms. The van der Waals surface area contributed by atoms with Gasteiger partial charge >= 0.3 is 0 Å². The summed E-state index contributed by atoms with van der Waals surface area (Å²) in [6.07, 6.45) is 0.192. The first kappa shape index (κ1) is 21.6. The van der Waals surface area contributed by atoms with Gasteiger partial charge in [-0.05, 0) is 42.9 Å². The van der Waals surface area contributed by atoms with Crippen molar-refractivity contribution in [3.8, 4) is 0 Å². The van der Waals surface area contributed by atoms with E-state index in [1.54, 1.807) is 24.3 Å². The lowest BCUT2D eigenvalue weighted by molar-refractivity contribution is -0.116. The van der Waals surface area contributed by atoms with E-state index in [-0.39, 0.29) is 24.3 Å². The summed E-state index contributed by atoms with van der Waals surface area (Å²) in [5.74, 6) is -0.274. The highest BCUT2D eigenvalue weighted by molar-refractivity contribution is 5.95. The molecule has 0 aliphatic heterocycles. The van der Waals surface area contributed by atoms with Crippen LogP contribution in [-0.2, 0) is 4.79 Å². The topological polar surface area (TPSA) is 87.5 Å². The molecule has 0 radical (unpaired) electrons. The standard InChI is InChI=1S/C22H30N4O2/c1-3-26(4-2)15-14-24-22(28)18-10-12-19(13-11-18)25-21(27)16-20(23)17-8-6-5-7-9-17/h5-13,20H,3-4,14-16,23H2,1-2H3,(H,24,28)(H,25,27). The van der Waals surface area contributed by atoms with Crippen LogP contribution in [0.1, 0.15) is 42.2 Å². The Morgan fingerprint density at radius 3 is 2.25 bits per heavy atom. The molecule has 0 aromatic heterocycles. The highest BCUT2D eigenvalue weighted by atomic mass is 16.2. The number of nitrogens with two attached hydrogens (primary N) is 1. The predicted octanol–water partition coefficient (Wildman–Crippen LogP) is 2.79. The van der Waals surface area contributed by atoms with Gasteiger partial charge in [0.25, 0.3) is 5.91 Å². The fourth-order valence-corrected chi connectivity index (χ4v) is 2.90. The summed E-state index contributed by atoms with van der Waals surface area (Å²) in [5.41, 5.74) is 8.22. The van der Waals surface area contributed by atoms with Crippen LogP contribution in [-0.4, -0.2) is 42.9 Å². The van der Waals surface area contributed by atoms with E-state index in [0.29, 0.717) is 17.8 Å². The van der Waals surface area contributed by atoms with E-state index in [1.807, 2.05) is 30.3 Å². The molecule has 0 fully saturated rings. The van der Waals surface area contributed by atoms with Crippen molar-refractivity contribution in [1.29, 1.82) is 0 Å². The van der Waals surface area contributed by atoms with Gasteiger partial charge in [0.15, 0.2) is 0 Å². The van der Waals surface area contributed by atoms with Crippen LogP contribution in [0.3, 0.4) is 0 Å². The van der Waals surface area contributed by atoms with E-state index in [0.717, 1.165) is 25.2 Å². The van der Waals surface area contributed by atoms with Crippen LogP contribution in [0, 0.1) is 0 Å². The number of carbonyl (C=O) groups is 2. The molecule has 2 aromatic carbocycles. The predicted molar refractivity (Wildman–Crippen MR) is 113 cm³/mol. The number of hydrogen-bond donors (Lipinski definition) is 3. The second-order valence-corrected chi connectivity index (χ2v) is 6.63. The first-order valence-corrected chi connectivity index (χ1v) is 9.74. The van der Waals surface area contributed by atoms with E-state index in [9.17, 15) is 9.59 Å². The lowest BCUT2D eigenvalue weighted by Gasteiger charge is -2.18. The minimum atomic E-state index is -0.350. The van der Waals surface area contributed by atoms with E-state index in [1.165, 1.54) is 0 Å². The van der Waals surface area contributed by atoms with E-state index in [4.69, 9.17) is 5.73 Å². The summed E-state index contributed by atoms with van der Waals surface area (Å²) in [6.45, 7) is 7.57. The number of anilines is 1. The third kappa shape index (κ3) is 6.79. The van der Waals surface area contributed by atoms with E-state index >= 15 is 0 Å². The summed E-state index contributed by atoms with van der Waals surface area (Å²) < 4.78 is 0. The summed E-state index contributed by atoms with van der Waals surface area (Å²) >= 11 is 0. The van der Waals surface area contributed by atoms with Crippen molar-refractivity contribution in [3.63, 3.8) is 0 Å². The van der Waals surface area contributed by atoms with Gasteiger partial charge in [-0.25, -0.2) is 0 Å². The Hall–Kier alpha value is -2.70. The van der Waals surface area contributed by atoms with E-state index in [2.05, 4.69) is 29.4 Å². The Morgan fingerprint density at radius 2 is 1.64 bits per heavy atom. The van der Waals surface area contributed by atoms with Crippen LogP contribution >= 0.6 is 0 Å². The molecule has 0 bridgehead atoms. The molecule has 4 N–H and O–H groups in total. The van der Waals surface area contributed by atoms with Crippen molar-refractivity contribution in [2.45, 2.75) is 26.3 Å². The molecule has 2 rings (SSSR count). The van der Waals surface area contributed by atoms with Crippen LogP contribution in [0.25, 0.3) is 0 Å². The third-order valence-corrected chi connectivity index (χ3v) is 4.67. The lowest BCUT2D eigenvalue weighted by Crippen LogP contribution is -2.34. The molecular weight excluding hydrogens is 352 g/mol. The second kappa shape index (κ2) is 11.2. The van der Waals surface area contributed by atoms with Crippen LogP contribution in [0.15, 0.2) is 54.6 Å². The van der Waals surface area contributed by atoms with Crippen molar-refractivity contribution in [3.05, 3.63) is 65.7 Å².